The van der Waals surface area contributed by atoms with Crippen molar-refractivity contribution in [2.24, 2.45) is 0 Å². The first-order valence-electron chi connectivity index (χ1n) is 7.52. The molecule has 0 saturated carbocycles. The van der Waals surface area contributed by atoms with E-state index in [-0.39, 0.29) is 17.8 Å². The van der Waals surface area contributed by atoms with Crippen LogP contribution in [0.3, 0.4) is 0 Å². The van der Waals surface area contributed by atoms with Crippen molar-refractivity contribution in [3.8, 4) is 11.5 Å². The predicted octanol–water partition coefficient (Wildman–Crippen LogP) is 4.54. The number of hydrogen-bond acceptors (Lipinski definition) is 4. The molecule has 0 atom stereocenters. The van der Waals surface area contributed by atoms with E-state index in [2.05, 4.69) is 4.98 Å². The monoisotopic (exact) mass is 365 g/mol. The summed E-state index contributed by atoms with van der Waals surface area (Å²) in [6, 6.07) is 3.52. The highest BCUT2D eigenvalue weighted by atomic mass is 35.5. The van der Waals surface area contributed by atoms with E-state index in [9.17, 15) is 4.79 Å². The molecule has 0 bridgehead atoms. The number of halogens is 2. The summed E-state index contributed by atoms with van der Waals surface area (Å²) in [5.41, 5.74) is 1.69. The van der Waals surface area contributed by atoms with Gasteiger partial charge in [-0.3, -0.25) is 9.78 Å². The standard InChI is InChI=1S/C18H17Cl2NO3/c1-18(2)7-12-10(4-5-16(23-3)17(12)24-18)15(22)6-11-13(19)8-21-9-14(11)20/h4-5,8-9H,6-7H2,1-3H3. The van der Waals surface area contributed by atoms with Gasteiger partial charge < -0.3 is 9.47 Å². The van der Waals surface area contributed by atoms with E-state index in [4.69, 9.17) is 32.7 Å². The van der Waals surface area contributed by atoms with Gasteiger partial charge in [0.2, 0.25) is 0 Å². The Kier molecular flexibility index (Phi) is 4.45. The van der Waals surface area contributed by atoms with Gasteiger partial charge in [-0.25, -0.2) is 0 Å². The number of hydrogen-bond donors (Lipinski definition) is 0. The second-order valence-electron chi connectivity index (χ2n) is 6.34. The minimum atomic E-state index is -0.377. The van der Waals surface area contributed by atoms with Crippen molar-refractivity contribution in [3.63, 3.8) is 0 Å². The Morgan fingerprint density at radius 2 is 1.96 bits per heavy atom. The third-order valence-electron chi connectivity index (χ3n) is 4.02. The Morgan fingerprint density at radius 3 is 2.58 bits per heavy atom. The highest BCUT2D eigenvalue weighted by Crippen LogP contribution is 2.44. The molecular formula is C18H17Cl2NO3. The van der Waals surface area contributed by atoms with E-state index in [1.807, 2.05) is 13.8 Å². The first-order valence-corrected chi connectivity index (χ1v) is 8.28. The van der Waals surface area contributed by atoms with Gasteiger partial charge in [0.05, 0.1) is 17.2 Å². The van der Waals surface area contributed by atoms with Crippen molar-refractivity contribution in [3.05, 3.63) is 51.3 Å². The van der Waals surface area contributed by atoms with Gasteiger partial charge in [-0.1, -0.05) is 23.2 Å². The first-order chi connectivity index (χ1) is 11.3. The molecular weight excluding hydrogens is 349 g/mol. The average molecular weight is 366 g/mol. The Balaban J connectivity index is 1.99. The highest BCUT2D eigenvalue weighted by Gasteiger charge is 2.35. The molecule has 0 spiro atoms. The van der Waals surface area contributed by atoms with Crippen LogP contribution < -0.4 is 9.47 Å². The van der Waals surface area contributed by atoms with E-state index >= 15 is 0 Å². The zero-order chi connectivity index (χ0) is 17.5. The second-order valence-corrected chi connectivity index (χ2v) is 7.16. The normalized spacial score (nSPS) is 14.9. The third-order valence-corrected chi connectivity index (χ3v) is 4.67. The molecule has 0 aliphatic carbocycles. The lowest BCUT2D eigenvalue weighted by Gasteiger charge is -2.17. The van der Waals surface area contributed by atoms with Crippen molar-refractivity contribution >= 4 is 29.0 Å². The fraction of sp³-hybridized carbons (Fsp3) is 0.333. The van der Waals surface area contributed by atoms with Gasteiger partial charge in [0.15, 0.2) is 17.3 Å². The highest BCUT2D eigenvalue weighted by molar-refractivity contribution is 6.36. The van der Waals surface area contributed by atoms with Crippen LogP contribution in [0.25, 0.3) is 0 Å². The Bertz CT molecular complexity index is 798. The molecule has 0 radical (unpaired) electrons. The molecule has 6 heteroatoms. The number of rotatable bonds is 4. The fourth-order valence-corrected chi connectivity index (χ4v) is 3.41. The van der Waals surface area contributed by atoms with Crippen molar-refractivity contribution in [2.75, 3.05) is 7.11 Å². The summed E-state index contributed by atoms with van der Waals surface area (Å²) in [4.78, 5) is 16.8. The van der Waals surface area contributed by atoms with E-state index in [0.717, 1.165) is 5.56 Å². The number of fused-ring (bicyclic) bond motifs is 1. The number of carbonyl (C=O) groups excluding carboxylic acids is 1. The number of aromatic nitrogens is 1. The smallest absolute Gasteiger partial charge is 0.167 e. The molecule has 0 unspecified atom stereocenters. The number of ketones is 1. The van der Waals surface area contributed by atoms with Crippen LogP contribution in [0.5, 0.6) is 11.5 Å². The lowest BCUT2D eigenvalue weighted by atomic mass is 9.93. The summed E-state index contributed by atoms with van der Waals surface area (Å²) >= 11 is 12.3. The van der Waals surface area contributed by atoms with E-state index in [1.54, 1.807) is 19.2 Å². The lowest BCUT2D eigenvalue weighted by molar-refractivity contribution is 0.0992. The first kappa shape index (κ1) is 17.1. The van der Waals surface area contributed by atoms with Crippen LogP contribution in [0.1, 0.15) is 35.3 Å². The third kappa shape index (κ3) is 3.08. The zero-order valence-electron chi connectivity index (χ0n) is 13.7. The maximum absolute atomic E-state index is 12.9. The van der Waals surface area contributed by atoms with Gasteiger partial charge in [-0.2, -0.15) is 0 Å². The molecule has 1 aromatic carbocycles. The Labute approximate surface area is 150 Å². The Hall–Kier alpha value is -1.78. The molecule has 1 aromatic heterocycles. The summed E-state index contributed by atoms with van der Waals surface area (Å²) in [5, 5.41) is 0.773. The topological polar surface area (TPSA) is 48.4 Å². The number of carbonyl (C=O) groups is 1. The summed E-state index contributed by atoms with van der Waals surface area (Å²) in [7, 11) is 1.59. The summed E-state index contributed by atoms with van der Waals surface area (Å²) in [6.45, 7) is 3.97. The number of benzene rings is 1. The molecule has 3 rings (SSSR count). The van der Waals surface area contributed by atoms with Crippen molar-refractivity contribution in [1.82, 2.24) is 4.98 Å². The van der Waals surface area contributed by atoms with Gasteiger partial charge in [-0.05, 0) is 26.0 Å². The van der Waals surface area contributed by atoms with Crippen LogP contribution >= 0.6 is 23.2 Å². The molecule has 4 nitrogen and oxygen atoms in total. The van der Waals surface area contributed by atoms with Gasteiger partial charge >= 0.3 is 0 Å². The molecule has 126 valence electrons. The second kappa shape index (κ2) is 6.26. The van der Waals surface area contributed by atoms with E-state index in [0.29, 0.717) is 39.1 Å². The minimum absolute atomic E-state index is 0.0646. The van der Waals surface area contributed by atoms with Crippen LogP contribution in [0, 0.1) is 0 Å². The molecule has 0 fully saturated rings. The van der Waals surface area contributed by atoms with Crippen LogP contribution in [-0.2, 0) is 12.8 Å². The number of pyridine rings is 1. The lowest BCUT2D eigenvalue weighted by Crippen LogP contribution is -2.25. The number of methoxy groups -OCH3 is 1. The molecule has 0 saturated heterocycles. The maximum atomic E-state index is 12.9. The maximum Gasteiger partial charge on any atom is 0.167 e. The molecule has 1 aliphatic heterocycles. The average Bonchev–Trinajstić information content (AvgIpc) is 2.84. The SMILES string of the molecule is COc1ccc(C(=O)Cc2c(Cl)cncc2Cl)c2c1OC(C)(C)C2. The molecule has 2 heterocycles. The quantitative estimate of drug-likeness (QED) is 0.746. The van der Waals surface area contributed by atoms with Gasteiger partial charge in [0.1, 0.15) is 5.60 Å². The van der Waals surface area contributed by atoms with Crippen LogP contribution in [-0.4, -0.2) is 23.5 Å². The fourth-order valence-electron chi connectivity index (χ4n) is 2.92. The molecule has 1 aliphatic rings. The Morgan fingerprint density at radius 1 is 1.29 bits per heavy atom. The zero-order valence-corrected chi connectivity index (χ0v) is 15.2. The van der Waals surface area contributed by atoms with Gasteiger partial charge in [-0.15, -0.1) is 0 Å². The van der Waals surface area contributed by atoms with Crippen LogP contribution in [0.4, 0.5) is 0 Å². The molecule has 0 amide bonds. The van der Waals surface area contributed by atoms with Gasteiger partial charge in [0.25, 0.3) is 0 Å². The van der Waals surface area contributed by atoms with E-state index in [1.165, 1.54) is 12.4 Å². The van der Waals surface area contributed by atoms with E-state index < -0.39 is 0 Å². The molecule has 0 N–H and O–H groups in total. The number of Topliss-reactive ketones (excluding diaryl/α,β-unsaturated/α-hetero) is 1. The van der Waals surface area contributed by atoms with Crippen molar-refractivity contribution in [2.45, 2.75) is 32.3 Å². The summed E-state index contributed by atoms with van der Waals surface area (Å²) < 4.78 is 11.3. The number of nitrogens with zero attached hydrogens (tertiary/aromatic N) is 1. The molecule has 24 heavy (non-hydrogen) atoms. The van der Waals surface area contributed by atoms with Crippen molar-refractivity contribution in [1.29, 1.82) is 0 Å². The van der Waals surface area contributed by atoms with Crippen molar-refractivity contribution < 1.29 is 14.3 Å². The summed E-state index contributed by atoms with van der Waals surface area (Å²) in [5.74, 6) is 1.21. The molecule has 2 aromatic rings. The predicted molar refractivity (Wildman–Crippen MR) is 93.7 cm³/mol. The minimum Gasteiger partial charge on any atom is -0.493 e. The van der Waals surface area contributed by atoms with Gasteiger partial charge in [0, 0.05) is 41.9 Å². The van der Waals surface area contributed by atoms with Crippen LogP contribution in [0.15, 0.2) is 24.5 Å². The van der Waals surface area contributed by atoms with Crippen LogP contribution in [0.2, 0.25) is 10.0 Å². The summed E-state index contributed by atoms with van der Waals surface area (Å²) in [6.07, 6.45) is 3.72. The number of ether oxygens (including phenoxy) is 2. The largest absolute Gasteiger partial charge is 0.493 e.